The first-order chi connectivity index (χ1) is 15.5. The number of carbonyl (C=O) groups is 1. The number of halogens is 1. The smallest absolute Gasteiger partial charge is 0.266 e. The summed E-state index contributed by atoms with van der Waals surface area (Å²) in [6.45, 7) is 4.69. The predicted molar refractivity (Wildman–Crippen MR) is 130 cm³/mol. The monoisotopic (exact) mass is 454 g/mol. The van der Waals surface area contributed by atoms with Crippen LogP contribution in [0.5, 0.6) is 11.5 Å². The van der Waals surface area contributed by atoms with Gasteiger partial charge < -0.3 is 14.8 Å². The van der Waals surface area contributed by atoms with Gasteiger partial charge >= 0.3 is 0 Å². The van der Waals surface area contributed by atoms with Crippen molar-refractivity contribution in [2.75, 3.05) is 19.0 Å². The maximum Gasteiger partial charge on any atom is 0.266 e. The summed E-state index contributed by atoms with van der Waals surface area (Å²) < 4.78 is 11.3. The fourth-order valence-electron chi connectivity index (χ4n) is 3.26. The summed E-state index contributed by atoms with van der Waals surface area (Å²) in [6.07, 6.45) is 8.49. The van der Waals surface area contributed by atoms with Crippen LogP contribution in [0.3, 0.4) is 0 Å². The molecule has 2 aromatic carbocycles. The number of hydrogen-bond donors (Lipinski definition) is 1. The summed E-state index contributed by atoms with van der Waals surface area (Å²) in [5.74, 6) is 0.449. The molecule has 0 aliphatic rings. The molecule has 1 amide bonds. The van der Waals surface area contributed by atoms with Gasteiger partial charge in [-0.1, -0.05) is 62.8 Å². The van der Waals surface area contributed by atoms with Crippen LogP contribution in [0, 0.1) is 18.3 Å². The molecule has 0 atom stereocenters. The second kappa shape index (κ2) is 13.4. The average molecular weight is 455 g/mol. The Balaban J connectivity index is 2.08. The van der Waals surface area contributed by atoms with E-state index >= 15 is 0 Å². The van der Waals surface area contributed by atoms with Gasteiger partial charge in [-0.15, -0.1) is 0 Å². The molecule has 0 fully saturated rings. The molecule has 0 saturated heterocycles. The molecule has 1 N–H and O–H groups in total. The van der Waals surface area contributed by atoms with Crippen LogP contribution in [0.25, 0.3) is 6.08 Å². The third-order valence-corrected chi connectivity index (χ3v) is 5.23. The topological polar surface area (TPSA) is 71.3 Å². The number of benzene rings is 2. The van der Waals surface area contributed by atoms with Crippen molar-refractivity contribution >= 4 is 29.3 Å². The summed E-state index contributed by atoms with van der Waals surface area (Å²) in [5.41, 5.74) is 2.18. The van der Waals surface area contributed by atoms with Gasteiger partial charge in [-0.05, 0) is 54.8 Å². The lowest BCUT2D eigenvalue weighted by atomic mass is 10.1. The molecule has 0 radical (unpaired) electrons. The van der Waals surface area contributed by atoms with Crippen molar-refractivity contribution in [2.45, 2.75) is 52.4 Å². The van der Waals surface area contributed by atoms with Crippen LogP contribution in [0.2, 0.25) is 5.02 Å². The number of nitriles is 1. The number of hydrogen-bond acceptors (Lipinski definition) is 4. The number of nitrogens with one attached hydrogen (secondary N) is 1. The van der Waals surface area contributed by atoms with Gasteiger partial charge in [0.25, 0.3) is 5.91 Å². The quantitative estimate of drug-likeness (QED) is 0.214. The van der Waals surface area contributed by atoms with Gasteiger partial charge in [0.15, 0.2) is 11.5 Å². The number of anilines is 1. The van der Waals surface area contributed by atoms with Gasteiger partial charge in [-0.2, -0.15) is 5.26 Å². The van der Waals surface area contributed by atoms with Crippen LogP contribution in [0.4, 0.5) is 5.69 Å². The lowest BCUT2D eigenvalue weighted by Crippen LogP contribution is -2.13. The highest BCUT2D eigenvalue weighted by molar-refractivity contribution is 6.32. The Labute approximate surface area is 196 Å². The largest absolute Gasteiger partial charge is 0.493 e. The van der Waals surface area contributed by atoms with Crippen molar-refractivity contribution in [1.82, 2.24) is 0 Å². The summed E-state index contributed by atoms with van der Waals surface area (Å²) in [5, 5.41) is 12.6. The number of ether oxygens (including phenoxy) is 2. The molecule has 5 nitrogen and oxygen atoms in total. The van der Waals surface area contributed by atoms with Crippen molar-refractivity contribution in [3.8, 4) is 17.6 Å². The molecule has 0 heterocycles. The molecule has 0 aliphatic heterocycles. The van der Waals surface area contributed by atoms with Gasteiger partial charge in [0, 0.05) is 5.69 Å². The number of methoxy groups -OCH3 is 1. The van der Waals surface area contributed by atoms with Crippen LogP contribution in [-0.4, -0.2) is 19.6 Å². The van der Waals surface area contributed by atoms with E-state index < -0.39 is 5.91 Å². The van der Waals surface area contributed by atoms with Crippen LogP contribution < -0.4 is 14.8 Å². The highest BCUT2D eigenvalue weighted by Crippen LogP contribution is 2.37. The maximum absolute atomic E-state index is 12.5. The lowest BCUT2D eigenvalue weighted by molar-refractivity contribution is -0.112. The van der Waals surface area contributed by atoms with Gasteiger partial charge in [-0.3, -0.25) is 4.79 Å². The first-order valence-electron chi connectivity index (χ1n) is 11.0. The van der Waals surface area contributed by atoms with E-state index in [2.05, 4.69) is 12.2 Å². The zero-order chi connectivity index (χ0) is 23.3. The molecule has 170 valence electrons. The second-order valence-electron chi connectivity index (χ2n) is 7.64. The van der Waals surface area contributed by atoms with Crippen LogP contribution in [0.15, 0.2) is 42.0 Å². The molecule has 2 aromatic rings. The minimum atomic E-state index is -0.489. The minimum Gasteiger partial charge on any atom is -0.493 e. The van der Waals surface area contributed by atoms with Crippen molar-refractivity contribution in [2.24, 2.45) is 0 Å². The first-order valence-corrected chi connectivity index (χ1v) is 11.4. The van der Waals surface area contributed by atoms with Crippen LogP contribution >= 0.6 is 11.6 Å². The number of unbranched alkanes of at least 4 members (excludes halogenated alkanes) is 5. The zero-order valence-corrected chi connectivity index (χ0v) is 19.8. The molecule has 0 unspecified atom stereocenters. The van der Waals surface area contributed by atoms with E-state index in [1.807, 2.05) is 31.2 Å². The maximum atomic E-state index is 12.5. The summed E-state index contributed by atoms with van der Waals surface area (Å²) in [4.78, 5) is 12.5. The highest BCUT2D eigenvalue weighted by Gasteiger charge is 2.14. The van der Waals surface area contributed by atoms with Gasteiger partial charge in [0.2, 0.25) is 0 Å². The molecule has 0 bridgehead atoms. The number of carbonyl (C=O) groups excluding carboxylic acids is 1. The van der Waals surface area contributed by atoms with Gasteiger partial charge in [0.1, 0.15) is 11.6 Å². The second-order valence-corrected chi connectivity index (χ2v) is 8.05. The Morgan fingerprint density at radius 1 is 1.16 bits per heavy atom. The van der Waals surface area contributed by atoms with E-state index in [0.29, 0.717) is 34.4 Å². The summed E-state index contributed by atoms with van der Waals surface area (Å²) >= 11 is 6.43. The average Bonchev–Trinajstić information content (AvgIpc) is 2.77. The zero-order valence-electron chi connectivity index (χ0n) is 19.0. The molecule has 32 heavy (non-hydrogen) atoms. The van der Waals surface area contributed by atoms with Crippen LogP contribution in [0.1, 0.15) is 56.6 Å². The molecule has 0 spiro atoms. The SMILES string of the molecule is CCCCCCCCOc1c(Cl)cc(/C=C(\C#N)C(=O)Nc2cccc(C)c2)cc1OC. The van der Waals surface area contributed by atoms with Crippen LogP contribution in [-0.2, 0) is 4.79 Å². The number of rotatable bonds is 12. The molecule has 0 saturated carbocycles. The molecule has 0 aromatic heterocycles. The molecular weight excluding hydrogens is 424 g/mol. The van der Waals surface area contributed by atoms with Gasteiger partial charge in [-0.25, -0.2) is 0 Å². The number of aryl methyl sites for hydroxylation is 1. The number of amides is 1. The summed E-state index contributed by atoms with van der Waals surface area (Å²) in [7, 11) is 1.53. The molecule has 6 heteroatoms. The lowest BCUT2D eigenvalue weighted by Gasteiger charge is -2.13. The van der Waals surface area contributed by atoms with Crippen molar-refractivity contribution in [1.29, 1.82) is 5.26 Å². The summed E-state index contributed by atoms with van der Waals surface area (Å²) in [6, 6.07) is 12.7. The molecular formula is C26H31ClN2O3. The van der Waals surface area contributed by atoms with E-state index in [1.165, 1.54) is 38.9 Å². The van der Waals surface area contributed by atoms with E-state index in [-0.39, 0.29) is 5.57 Å². The normalized spacial score (nSPS) is 11.0. The molecule has 0 aliphatic carbocycles. The minimum absolute atomic E-state index is 0.0367. The van der Waals surface area contributed by atoms with Crippen molar-refractivity contribution < 1.29 is 14.3 Å². The first kappa shape index (κ1) is 25.3. The van der Waals surface area contributed by atoms with Crippen molar-refractivity contribution in [3.05, 3.63) is 58.1 Å². The third-order valence-electron chi connectivity index (χ3n) is 4.95. The van der Waals surface area contributed by atoms with E-state index in [1.54, 1.807) is 18.2 Å². The van der Waals surface area contributed by atoms with E-state index in [4.69, 9.17) is 21.1 Å². The van der Waals surface area contributed by atoms with Crippen molar-refractivity contribution in [3.63, 3.8) is 0 Å². The standard InChI is InChI=1S/C26H31ClN2O3/c1-4-5-6-7-8-9-13-32-25-23(27)16-20(17-24(25)31-3)15-21(18-28)26(30)29-22-12-10-11-19(2)14-22/h10-12,14-17H,4-9,13H2,1-3H3,(H,29,30)/b21-15+. The third kappa shape index (κ3) is 7.94. The van der Waals surface area contributed by atoms with Gasteiger partial charge in [0.05, 0.1) is 18.7 Å². The fraction of sp³-hybridized carbons (Fsp3) is 0.385. The fourth-order valence-corrected chi connectivity index (χ4v) is 3.53. The number of nitrogens with zero attached hydrogens (tertiary/aromatic N) is 1. The highest BCUT2D eigenvalue weighted by atomic mass is 35.5. The Bertz CT molecular complexity index is 980. The van der Waals surface area contributed by atoms with E-state index in [0.717, 1.165) is 18.4 Å². The Kier molecular flexibility index (Phi) is 10.6. The predicted octanol–water partition coefficient (Wildman–Crippen LogP) is 6.94. The Hall–Kier alpha value is -2.97. The molecule has 2 rings (SSSR count). The Morgan fingerprint density at radius 2 is 1.91 bits per heavy atom. The Morgan fingerprint density at radius 3 is 2.59 bits per heavy atom. The van der Waals surface area contributed by atoms with E-state index in [9.17, 15) is 10.1 Å².